The molecule has 35 heavy (non-hydrogen) atoms. The van der Waals surface area contributed by atoms with Gasteiger partial charge in [-0.15, -0.1) is 0 Å². The van der Waals surface area contributed by atoms with E-state index in [1.807, 2.05) is 47.4 Å². The van der Waals surface area contributed by atoms with Crippen LogP contribution in [0.15, 0.2) is 54.9 Å². The number of amides is 2. The van der Waals surface area contributed by atoms with E-state index < -0.39 is 0 Å². The van der Waals surface area contributed by atoms with Crippen molar-refractivity contribution in [2.24, 2.45) is 0 Å². The third-order valence-corrected chi connectivity index (χ3v) is 6.55. The van der Waals surface area contributed by atoms with Gasteiger partial charge in [0.1, 0.15) is 12.3 Å². The average molecular weight is 492 g/mol. The molecule has 2 N–H and O–H groups in total. The molecule has 2 aromatic heterocycles. The Balaban J connectivity index is 1.17. The van der Waals surface area contributed by atoms with Gasteiger partial charge in [-0.3, -0.25) is 14.3 Å². The molecule has 8 nitrogen and oxygen atoms in total. The van der Waals surface area contributed by atoms with Crippen LogP contribution in [0.4, 0.5) is 5.69 Å². The fraction of sp³-hybridized carbons (Fsp3) is 0.269. The molecule has 0 bridgehead atoms. The lowest BCUT2D eigenvalue weighted by atomic mass is 10.0. The maximum Gasteiger partial charge on any atom is 0.244 e. The molecule has 0 radical (unpaired) electrons. The Morgan fingerprint density at radius 1 is 1.23 bits per heavy atom. The summed E-state index contributed by atoms with van der Waals surface area (Å²) in [4.78, 5) is 30.7. The Labute approximate surface area is 207 Å². The van der Waals surface area contributed by atoms with Crippen molar-refractivity contribution in [3.8, 4) is 5.75 Å². The summed E-state index contributed by atoms with van der Waals surface area (Å²) in [6.07, 6.45) is 4.89. The van der Waals surface area contributed by atoms with Crippen molar-refractivity contribution in [2.75, 3.05) is 19.0 Å². The Morgan fingerprint density at radius 3 is 2.94 bits per heavy atom. The van der Waals surface area contributed by atoms with E-state index in [2.05, 4.69) is 15.4 Å². The number of aromatic nitrogens is 3. The molecule has 0 aliphatic carbocycles. The summed E-state index contributed by atoms with van der Waals surface area (Å²) in [6.45, 7) is 1.28. The largest absolute Gasteiger partial charge is 0.496 e. The number of benzene rings is 2. The normalized spacial score (nSPS) is 13.0. The summed E-state index contributed by atoms with van der Waals surface area (Å²) in [7, 11) is 1.62. The standard InChI is InChI=1S/C26H26ClN5O3/c1-35-24-5-3-2-4-17(24)6-9-25(33)29-19-13-28-32(14-19)16-26(34)31-11-10-23-21(15-31)20-12-18(27)7-8-22(20)30-23/h2-5,7-8,12-14,30H,6,9-11,15-16H2,1H3,(H,29,33). The predicted octanol–water partition coefficient (Wildman–Crippen LogP) is 4.18. The van der Waals surface area contributed by atoms with Gasteiger partial charge in [0, 0.05) is 59.3 Å². The molecule has 0 fully saturated rings. The molecule has 1 aliphatic heterocycles. The lowest BCUT2D eigenvalue weighted by Crippen LogP contribution is -2.38. The summed E-state index contributed by atoms with van der Waals surface area (Å²) < 4.78 is 6.89. The Kier molecular flexibility index (Phi) is 6.46. The number of para-hydroxylation sites is 1. The van der Waals surface area contributed by atoms with E-state index in [0.29, 0.717) is 36.6 Å². The van der Waals surface area contributed by atoms with Crippen LogP contribution in [0, 0.1) is 0 Å². The number of carbonyl (C=O) groups is 2. The Bertz CT molecular complexity index is 1390. The van der Waals surface area contributed by atoms with Crippen molar-refractivity contribution in [1.82, 2.24) is 19.7 Å². The molecule has 2 amide bonds. The number of ether oxygens (including phenoxy) is 1. The molecule has 0 spiro atoms. The Morgan fingerprint density at radius 2 is 2.09 bits per heavy atom. The minimum absolute atomic E-state index is 0.0239. The van der Waals surface area contributed by atoms with Gasteiger partial charge < -0.3 is 19.9 Å². The minimum Gasteiger partial charge on any atom is -0.496 e. The van der Waals surface area contributed by atoms with Crippen molar-refractivity contribution in [3.63, 3.8) is 0 Å². The van der Waals surface area contributed by atoms with E-state index in [-0.39, 0.29) is 18.4 Å². The van der Waals surface area contributed by atoms with Gasteiger partial charge in [0.2, 0.25) is 11.8 Å². The van der Waals surface area contributed by atoms with E-state index in [1.54, 1.807) is 24.2 Å². The summed E-state index contributed by atoms with van der Waals surface area (Å²) in [6, 6.07) is 13.4. The zero-order valence-corrected chi connectivity index (χ0v) is 20.1. The Hall–Kier alpha value is -3.78. The van der Waals surface area contributed by atoms with E-state index in [0.717, 1.165) is 39.9 Å². The van der Waals surface area contributed by atoms with E-state index in [4.69, 9.17) is 16.3 Å². The summed E-state index contributed by atoms with van der Waals surface area (Å²) in [5.74, 6) is 0.625. The average Bonchev–Trinajstić information content (AvgIpc) is 3.45. The van der Waals surface area contributed by atoms with Gasteiger partial charge in [-0.25, -0.2) is 0 Å². The third-order valence-electron chi connectivity index (χ3n) is 6.32. The van der Waals surface area contributed by atoms with Crippen LogP contribution in [-0.4, -0.2) is 45.1 Å². The van der Waals surface area contributed by atoms with Gasteiger partial charge in [-0.2, -0.15) is 5.10 Å². The first-order valence-electron chi connectivity index (χ1n) is 11.5. The maximum atomic E-state index is 13.0. The number of aryl methyl sites for hydroxylation is 1. The highest BCUT2D eigenvalue weighted by molar-refractivity contribution is 6.31. The maximum absolute atomic E-state index is 13.0. The van der Waals surface area contributed by atoms with Crippen molar-refractivity contribution in [2.45, 2.75) is 32.4 Å². The first-order valence-corrected chi connectivity index (χ1v) is 11.9. The number of H-pyrrole nitrogens is 1. The zero-order valence-electron chi connectivity index (χ0n) is 19.4. The second-order valence-corrected chi connectivity index (χ2v) is 9.06. The lowest BCUT2D eigenvalue weighted by Gasteiger charge is -2.27. The molecule has 3 heterocycles. The quantitative estimate of drug-likeness (QED) is 0.405. The van der Waals surface area contributed by atoms with Gasteiger partial charge in [0.15, 0.2) is 0 Å². The molecule has 5 rings (SSSR count). The zero-order chi connectivity index (χ0) is 24.4. The van der Waals surface area contributed by atoms with Crippen LogP contribution in [-0.2, 0) is 35.5 Å². The van der Waals surface area contributed by atoms with Crippen LogP contribution in [0.25, 0.3) is 10.9 Å². The van der Waals surface area contributed by atoms with Gasteiger partial charge >= 0.3 is 0 Å². The second kappa shape index (κ2) is 9.84. The van der Waals surface area contributed by atoms with Crippen LogP contribution < -0.4 is 10.1 Å². The third kappa shape index (κ3) is 5.02. The number of hydrogen-bond acceptors (Lipinski definition) is 4. The molecular weight excluding hydrogens is 466 g/mol. The van der Waals surface area contributed by atoms with Crippen LogP contribution >= 0.6 is 11.6 Å². The van der Waals surface area contributed by atoms with Crippen LogP contribution in [0.3, 0.4) is 0 Å². The minimum atomic E-state index is -0.122. The fourth-order valence-electron chi connectivity index (χ4n) is 4.53. The smallest absolute Gasteiger partial charge is 0.244 e. The number of halogens is 1. The van der Waals surface area contributed by atoms with Crippen LogP contribution in [0.2, 0.25) is 5.02 Å². The number of fused-ring (bicyclic) bond motifs is 3. The number of aromatic amines is 1. The van der Waals surface area contributed by atoms with E-state index in [1.165, 1.54) is 0 Å². The number of hydrogen-bond donors (Lipinski definition) is 2. The van der Waals surface area contributed by atoms with Crippen molar-refractivity contribution < 1.29 is 14.3 Å². The van der Waals surface area contributed by atoms with Gasteiger partial charge in [0.05, 0.1) is 19.0 Å². The van der Waals surface area contributed by atoms with Gasteiger partial charge in [0.25, 0.3) is 0 Å². The number of nitrogens with one attached hydrogen (secondary N) is 2. The summed E-state index contributed by atoms with van der Waals surface area (Å²) >= 11 is 6.19. The van der Waals surface area contributed by atoms with Crippen molar-refractivity contribution in [1.29, 1.82) is 0 Å². The highest BCUT2D eigenvalue weighted by Gasteiger charge is 2.24. The molecule has 0 saturated carbocycles. The highest BCUT2D eigenvalue weighted by Crippen LogP contribution is 2.30. The molecule has 0 unspecified atom stereocenters. The van der Waals surface area contributed by atoms with Gasteiger partial charge in [-0.05, 0) is 36.2 Å². The van der Waals surface area contributed by atoms with Crippen molar-refractivity contribution >= 4 is 40.0 Å². The molecule has 2 aromatic carbocycles. The highest BCUT2D eigenvalue weighted by atomic mass is 35.5. The number of rotatable bonds is 7. The van der Waals surface area contributed by atoms with Crippen molar-refractivity contribution in [3.05, 3.63) is 76.7 Å². The predicted molar refractivity (Wildman–Crippen MR) is 135 cm³/mol. The van der Waals surface area contributed by atoms with E-state index >= 15 is 0 Å². The molecule has 1 aliphatic rings. The monoisotopic (exact) mass is 491 g/mol. The van der Waals surface area contributed by atoms with E-state index in [9.17, 15) is 9.59 Å². The molecule has 4 aromatic rings. The first kappa shape index (κ1) is 23.0. The number of anilines is 1. The number of methoxy groups -OCH3 is 1. The molecule has 180 valence electrons. The SMILES string of the molecule is COc1ccccc1CCC(=O)Nc1cnn(CC(=O)N2CCc3[nH]c4ccc(Cl)cc4c3C2)c1. The summed E-state index contributed by atoms with van der Waals surface area (Å²) in [5.41, 5.74) is 4.85. The molecular formula is C26H26ClN5O3. The first-order chi connectivity index (χ1) is 17.0. The van der Waals surface area contributed by atoms with Crippen LogP contribution in [0.1, 0.15) is 23.2 Å². The number of nitrogens with zero attached hydrogens (tertiary/aromatic N) is 3. The molecule has 0 atom stereocenters. The number of carbonyl (C=O) groups excluding carboxylic acids is 2. The second-order valence-electron chi connectivity index (χ2n) is 8.62. The fourth-order valence-corrected chi connectivity index (χ4v) is 4.71. The lowest BCUT2D eigenvalue weighted by molar-refractivity contribution is -0.133. The summed E-state index contributed by atoms with van der Waals surface area (Å²) in [5, 5.41) is 8.84. The molecule has 0 saturated heterocycles. The topological polar surface area (TPSA) is 92.2 Å². The molecule has 9 heteroatoms. The van der Waals surface area contributed by atoms with Gasteiger partial charge in [-0.1, -0.05) is 29.8 Å². The van der Waals surface area contributed by atoms with Crippen LogP contribution in [0.5, 0.6) is 5.75 Å².